The zero-order valence-electron chi connectivity index (χ0n) is 14.7. The van der Waals surface area contributed by atoms with Crippen molar-refractivity contribution in [1.82, 2.24) is 0 Å². The molecule has 1 aromatic carbocycles. The number of rotatable bonds is 8. The van der Waals surface area contributed by atoms with Gasteiger partial charge >= 0.3 is 6.00 Å². The number of hydrogen-bond donors (Lipinski definition) is 0. The second-order valence-corrected chi connectivity index (χ2v) is 25.5. The normalized spacial score (nSPS) is 16.2. The van der Waals surface area contributed by atoms with Gasteiger partial charge in [-0.3, -0.25) is 0 Å². The summed E-state index contributed by atoms with van der Waals surface area (Å²) in [6, 6.07) is 7.02. The molecule has 0 radical (unpaired) electrons. The van der Waals surface area contributed by atoms with Crippen LogP contribution in [0.15, 0.2) is 30.3 Å². The van der Waals surface area contributed by atoms with E-state index in [0.717, 1.165) is 5.56 Å². The minimum atomic E-state index is -3.02. The lowest BCUT2D eigenvalue weighted by molar-refractivity contribution is 0.154. The molecule has 0 amide bonds. The van der Waals surface area contributed by atoms with Crippen LogP contribution >= 0.6 is 33.2 Å². The first-order valence-electron chi connectivity index (χ1n) is 7.73. The molecule has 0 aliphatic heterocycles. The Hall–Kier alpha value is 0.661. The number of benzene rings is 1. The Labute approximate surface area is 157 Å². The molecule has 0 heterocycles. The van der Waals surface area contributed by atoms with Crippen LogP contribution in [0.4, 0.5) is 0 Å². The van der Waals surface area contributed by atoms with Gasteiger partial charge in [0.25, 0.3) is 0 Å². The standard InChI is InChI=1S/C15H27Cl3O2Si3/c1-21(2,3)19-12-14(23(16,17)18)15(20-22(4,5)6)13-10-8-7-9-11-13/h7-11,14-15H,12H2,1-6H3. The van der Waals surface area contributed by atoms with E-state index in [1.807, 2.05) is 30.3 Å². The Morgan fingerprint density at radius 1 is 0.870 bits per heavy atom. The van der Waals surface area contributed by atoms with Crippen molar-refractivity contribution in [3.8, 4) is 0 Å². The molecule has 2 atom stereocenters. The SMILES string of the molecule is C[Si](C)(C)OCC(C(O[Si](C)(C)C)c1ccccc1)[Si](Cl)(Cl)Cl. The zero-order chi connectivity index (χ0) is 17.9. The molecule has 0 N–H and O–H groups in total. The number of hydrogen-bond acceptors (Lipinski definition) is 2. The monoisotopic (exact) mass is 428 g/mol. The highest BCUT2D eigenvalue weighted by Gasteiger charge is 2.45. The van der Waals surface area contributed by atoms with E-state index in [4.69, 9.17) is 42.1 Å². The molecule has 0 aliphatic carbocycles. The van der Waals surface area contributed by atoms with E-state index in [2.05, 4.69) is 39.3 Å². The predicted molar refractivity (Wildman–Crippen MR) is 110 cm³/mol. The van der Waals surface area contributed by atoms with E-state index < -0.39 is 22.6 Å². The molecule has 0 saturated carbocycles. The molecule has 8 heteroatoms. The van der Waals surface area contributed by atoms with Crippen LogP contribution in [0, 0.1) is 0 Å². The minimum Gasteiger partial charge on any atom is -0.417 e. The Bertz CT molecular complexity index is 481. The fourth-order valence-corrected chi connectivity index (χ4v) is 6.62. The smallest absolute Gasteiger partial charge is 0.349 e. The second kappa shape index (κ2) is 8.36. The predicted octanol–water partition coefficient (Wildman–Crippen LogP) is 6.46. The van der Waals surface area contributed by atoms with Crippen molar-refractivity contribution < 1.29 is 8.85 Å². The van der Waals surface area contributed by atoms with E-state index in [-0.39, 0.29) is 11.6 Å². The Balaban J connectivity index is 3.16. The molecule has 0 saturated heterocycles. The van der Waals surface area contributed by atoms with Gasteiger partial charge < -0.3 is 8.85 Å². The third-order valence-corrected chi connectivity index (χ3v) is 8.92. The van der Waals surface area contributed by atoms with Crippen LogP contribution in [-0.4, -0.2) is 29.2 Å². The average molecular weight is 430 g/mol. The summed E-state index contributed by atoms with van der Waals surface area (Å²) in [5.41, 5.74) is 0.825. The van der Waals surface area contributed by atoms with Crippen molar-refractivity contribution >= 4 is 55.9 Å². The van der Waals surface area contributed by atoms with Crippen LogP contribution in [0.25, 0.3) is 0 Å². The molecule has 0 spiro atoms. The largest absolute Gasteiger partial charge is 0.417 e. The summed E-state index contributed by atoms with van der Waals surface area (Å²) in [7, 11) is -3.52. The molecule has 132 valence electrons. The van der Waals surface area contributed by atoms with Crippen molar-refractivity contribution in [2.45, 2.75) is 50.9 Å². The lowest BCUT2D eigenvalue weighted by Gasteiger charge is -2.36. The van der Waals surface area contributed by atoms with Crippen LogP contribution in [0.5, 0.6) is 0 Å². The lowest BCUT2D eigenvalue weighted by Crippen LogP contribution is -2.39. The first-order chi connectivity index (χ1) is 10.3. The quantitative estimate of drug-likeness (QED) is 0.349. The van der Waals surface area contributed by atoms with Gasteiger partial charge in [0.15, 0.2) is 16.6 Å². The van der Waals surface area contributed by atoms with Crippen LogP contribution < -0.4 is 0 Å². The van der Waals surface area contributed by atoms with Gasteiger partial charge in [0.1, 0.15) is 0 Å². The molecule has 1 rings (SSSR count). The number of halogens is 3. The molecular formula is C15H27Cl3O2Si3. The molecule has 0 bridgehead atoms. The van der Waals surface area contributed by atoms with Gasteiger partial charge in [-0.25, -0.2) is 0 Å². The van der Waals surface area contributed by atoms with Gasteiger partial charge in [-0.2, -0.15) is 0 Å². The summed E-state index contributed by atoms with van der Waals surface area (Å²) < 4.78 is 12.5. The van der Waals surface area contributed by atoms with Crippen molar-refractivity contribution in [3.05, 3.63) is 35.9 Å². The summed E-state index contributed by atoms with van der Waals surface area (Å²) in [6.07, 6.45) is -0.238. The second-order valence-electron chi connectivity index (χ2n) is 7.63. The summed E-state index contributed by atoms with van der Waals surface area (Å²) in [4.78, 5) is 0. The highest BCUT2D eigenvalue weighted by molar-refractivity contribution is 7.65. The first kappa shape index (κ1) is 21.7. The Morgan fingerprint density at radius 2 is 1.39 bits per heavy atom. The molecular weight excluding hydrogens is 403 g/mol. The van der Waals surface area contributed by atoms with Gasteiger partial charge in [-0.1, -0.05) is 30.3 Å². The van der Waals surface area contributed by atoms with E-state index >= 15 is 0 Å². The van der Waals surface area contributed by atoms with Gasteiger partial charge in [-0.15, -0.1) is 33.2 Å². The average Bonchev–Trinajstić information content (AvgIpc) is 2.34. The fraction of sp³-hybridized carbons (Fsp3) is 0.600. The first-order valence-corrected chi connectivity index (χ1v) is 19.7. The van der Waals surface area contributed by atoms with E-state index in [1.54, 1.807) is 0 Å². The topological polar surface area (TPSA) is 18.5 Å². The highest BCUT2D eigenvalue weighted by Crippen LogP contribution is 2.46. The fourth-order valence-electron chi connectivity index (χ4n) is 2.10. The maximum absolute atomic E-state index is 6.44. The summed E-state index contributed by atoms with van der Waals surface area (Å²) >= 11 is 19.3. The van der Waals surface area contributed by atoms with Gasteiger partial charge in [0, 0.05) is 12.1 Å². The van der Waals surface area contributed by atoms with Gasteiger partial charge in [-0.05, 0) is 44.8 Å². The maximum atomic E-state index is 6.44. The third-order valence-electron chi connectivity index (χ3n) is 3.09. The van der Waals surface area contributed by atoms with Crippen molar-refractivity contribution in [2.24, 2.45) is 0 Å². The third kappa shape index (κ3) is 8.54. The van der Waals surface area contributed by atoms with Crippen molar-refractivity contribution in [1.29, 1.82) is 0 Å². The van der Waals surface area contributed by atoms with Crippen LogP contribution in [0.3, 0.4) is 0 Å². The van der Waals surface area contributed by atoms with Gasteiger partial charge in [0.2, 0.25) is 0 Å². The highest BCUT2D eigenvalue weighted by atomic mass is 35.8. The van der Waals surface area contributed by atoms with Crippen molar-refractivity contribution in [3.63, 3.8) is 0 Å². The molecule has 0 fully saturated rings. The minimum absolute atomic E-state index is 0.228. The maximum Gasteiger partial charge on any atom is 0.349 e. The summed E-state index contributed by atoms with van der Waals surface area (Å²) in [5.74, 6) is 0. The van der Waals surface area contributed by atoms with Crippen LogP contribution in [0.2, 0.25) is 44.8 Å². The lowest BCUT2D eigenvalue weighted by atomic mass is 10.1. The molecule has 2 unspecified atom stereocenters. The zero-order valence-corrected chi connectivity index (χ0v) is 20.0. The summed E-state index contributed by atoms with van der Waals surface area (Å²) in [6.45, 7) is 13.3. The molecule has 0 aliphatic rings. The Kier molecular flexibility index (Phi) is 7.89. The summed E-state index contributed by atoms with van der Waals surface area (Å²) in [5, 5.41) is 0. The van der Waals surface area contributed by atoms with Crippen LogP contribution in [0.1, 0.15) is 11.7 Å². The van der Waals surface area contributed by atoms with E-state index in [0.29, 0.717) is 6.61 Å². The molecule has 23 heavy (non-hydrogen) atoms. The van der Waals surface area contributed by atoms with Crippen LogP contribution in [-0.2, 0) is 8.85 Å². The molecule has 0 aromatic heterocycles. The van der Waals surface area contributed by atoms with Crippen molar-refractivity contribution in [2.75, 3.05) is 6.61 Å². The van der Waals surface area contributed by atoms with E-state index in [9.17, 15) is 0 Å². The Morgan fingerprint density at radius 3 is 1.78 bits per heavy atom. The van der Waals surface area contributed by atoms with E-state index in [1.165, 1.54) is 0 Å². The van der Waals surface area contributed by atoms with Gasteiger partial charge in [0.05, 0.1) is 6.10 Å². The molecule has 2 nitrogen and oxygen atoms in total. The molecule has 1 aromatic rings.